The Balaban J connectivity index is 2.03. The Bertz CT molecular complexity index is 612. The van der Waals surface area contributed by atoms with Gasteiger partial charge in [-0.15, -0.1) is 0 Å². The van der Waals surface area contributed by atoms with E-state index in [0.717, 1.165) is 5.56 Å². The molecule has 0 heterocycles. The van der Waals surface area contributed by atoms with Gasteiger partial charge < -0.3 is 0 Å². The van der Waals surface area contributed by atoms with Crippen molar-refractivity contribution in [2.75, 3.05) is 5.43 Å². The Hall–Kier alpha value is -2.40. The highest BCUT2D eigenvalue weighted by Crippen LogP contribution is 2.16. The number of non-ortho nitro benzene ring substituents is 1. The molecule has 96 valence electrons. The molecule has 0 aliphatic heterocycles. The fourth-order valence-corrected chi connectivity index (χ4v) is 1.60. The van der Waals surface area contributed by atoms with Gasteiger partial charge in [0.1, 0.15) is 0 Å². The first kappa shape index (κ1) is 13.0. The molecule has 0 unspecified atom stereocenters. The maximum atomic E-state index is 10.5. The van der Waals surface area contributed by atoms with Crippen LogP contribution < -0.4 is 5.43 Å². The third kappa shape index (κ3) is 3.53. The molecule has 0 saturated heterocycles. The van der Waals surface area contributed by atoms with E-state index in [0.29, 0.717) is 10.7 Å². The minimum atomic E-state index is -0.448. The van der Waals surface area contributed by atoms with Gasteiger partial charge in [0.25, 0.3) is 5.69 Å². The molecule has 0 bridgehead atoms. The second kappa shape index (κ2) is 5.97. The molecule has 0 aliphatic rings. The van der Waals surface area contributed by atoms with Gasteiger partial charge in [-0.05, 0) is 18.2 Å². The number of nitro groups is 1. The zero-order valence-electron chi connectivity index (χ0n) is 9.79. The number of hydrazone groups is 1. The van der Waals surface area contributed by atoms with Gasteiger partial charge in [-0.1, -0.05) is 29.8 Å². The van der Waals surface area contributed by atoms with Crippen LogP contribution in [-0.4, -0.2) is 11.1 Å². The monoisotopic (exact) mass is 275 g/mol. The van der Waals surface area contributed by atoms with E-state index < -0.39 is 4.92 Å². The number of halogens is 1. The predicted octanol–water partition coefficient (Wildman–Crippen LogP) is 3.69. The van der Waals surface area contributed by atoms with Gasteiger partial charge in [-0.3, -0.25) is 15.5 Å². The van der Waals surface area contributed by atoms with Crippen LogP contribution in [0.15, 0.2) is 53.6 Å². The normalized spacial score (nSPS) is 10.6. The fourth-order valence-electron chi connectivity index (χ4n) is 1.41. The third-order valence-corrected chi connectivity index (χ3v) is 2.72. The number of rotatable bonds is 4. The van der Waals surface area contributed by atoms with E-state index in [-0.39, 0.29) is 5.69 Å². The van der Waals surface area contributed by atoms with Gasteiger partial charge in [0.2, 0.25) is 0 Å². The van der Waals surface area contributed by atoms with Crippen LogP contribution in [0, 0.1) is 10.1 Å². The quantitative estimate of drug-likeness (QED) is 0.525. The van der Waals surface area contributed by atoms with E-state index in [2.05, 4.69) is 10.5 Å². The lowest BCUT2D eigenvalue weighted by Gasteiger charge is -2.00. The summed E-state index contributed by atoms with van der Waals surface area (Å²) in [7, 11) is 0. The van der Waals surface area contributed by atoms with Crippen molar-refractivity contribution in [3.05, 3.63) is 69.2 Å². The van der Waals surface area contributed by atoms with Gasteiger partial charge in [-0.2, -0.15) is 5.10 Å². The van der Waals surface area contributed by atoms with Gasteiger partial charge in [-0.25, -0.2) is 0 Å². The van der Waals surface area contributed by atoms with Crippen LogP contribution in [0.2, 0.25) is 5.02 Å². The molecule has 0 fully saturated rings. The molecule has 1 N–H and O–H groups in total. The smallest absolute Gasteiger partial charge is 0.269 e. The third-order valence-electron chi connectivity index (χ3n) is 2.38. The second-order valence-electron chi connectivity index (χ2n) is 3.70. The maximum absolute atomic E-state index is 10.5. The van der Waals surface area contributed by atoms with Crippen molar-refractivity contribution < 1.29 is 4.92 Å². The number of anilines is 1. The largest absolute Gasteiger partial charge is 0.278 e. The molecule has 19 heavy (non-hydrogen) atoms. The topological polar surface area (TPSA) is 67.5 Å². The number of nitrogens with zero attached hydrogens (tertiary/aromatic N) is 2. The standard InChI is InChI=1S/C13H10ClN3O2/c14-13-4-2-1-3-10(13)9-15-16-11-5-7-12(8-6-11)17(18)19/h1-9,16H. The lowest BCUT2D eigenvalue weighted by molar-refractivity contribution is -0.384. The highest BCUT2D eigenvalue weighted by Gasteiger charge is 2.02. The Morgan fingerprint density at radius 3 is 2.47 bits per heavy atom. The average molecular weight is 276 g/mol. The summed E-state index contributed by atoms with van der Waals surface area (Å²) in [5.41, 5.74) is 4.27. The number of nitro benzene ring substituents is 1. The molecule has 0 amide bonds. The van der Waals surface area contributed by atoms with Crippen molar-refractivity contribution in [3.8, 4) is 0 Å². The molecule has 2 aromatic rings. The van der Waals surface area contributed by atoms with Crippen molar-refractivity contribution in [1.29, 1.82) is 0 Å². The summed E-state index contributed by atoms with van der Waals surface area (Å²) < 4.78 is 0. The zero-order valence-corrected chi connectivity index (χ0v) is 10.5. The fraction of sp³-hybridized carbons (Fsp3) is 0. The Labute approximate surface area is 114 Å². The summed E-state index contributed by atoms with van der Waals surface area (Å²) in [6, 6.07) is 13.3. The molecule has 0 radical (unpaired) electrons. The van der Waals surface area contributed by atoms with Crippen molar-refractivity contribution in [3.63, 3.8) is 0 Å². The first-order valence-electron chi connectivity index (χ1n) is 5.45. The van der Waals surface area contributed by atoms with Crippen LogP contribution in [0.1, 0.15) is 5.56 Å². The minimum Gasteiger partial charge on any atom is -0.278 e. The lowest BCUT2D eigenvalue weighted by Crippen LogP contribution is -1.92. The van der Waals surface area contributed by atoms with E-state index >= 15 is 0 Å². The molecular formula is C13H10ClN3O2. The molecule has 6 heteroatoms. The molecule has 2 aromatic carbocycles. The van der Waals surface area contributed by atoms with Crippen LogP contribution in [0.5, 0.6) is 0 Å². The molecule has 0 atom stereocenters. The Kier molecular flexibility index (Phi) is 4.10. The van der Waals surface area contributed by atoms with Gasteiger partial charge in [0.15, 0.2) is 0 Å². The van der Waals surface area contributed by atoms with Gasteiger partial charge in [0, 0.05) is 22.7 Å². The number of hydrogen-bond acceptors (Lipinski definition) is 4. The summed E-state index contributed by atoms with van der Waals surface area (Å²) in [6.45, 7) is 0. The lowest BCUT2D eigenvalue weighted by atomic mass is 10.2. The molecule has 2 rings (SSSR count). The van der Waals surface area contributed by atoms with Gasteiger partial charge >= 0.3 is 0 Å². The summed E-state index contributed by atoms with van der Waals surface area (Å²) in [5, 5.41) is 15.1. The van der Waals surface area contributed by atoms with Crippen LogP contribution in [-0.2, 0) is 0 Å². The highest BCUT2D eigenvalue weighted by atomic mass is 35.5. The highest BCUT2D eigenvalue weighted by molar-refractivity contribution is 6.33. The minimum absolute atomic E-state index is 0.0423. The predicted molar refractivity (Wildman–Crippen MR) is 75.8 cm³/mol. The summed E-state index contributed by atoms with van der Waals surface area (Å²) >= 11 is 5.97. The Morgan fingerprint density at radius 2 is 1.84 bits per heavy atom. The molecule has 0 saturated carbocycles. The van der Waals surface area contributed by atoms with Crippen molar-refractivity contribution in [2.24, 2.45) is 5.10 Å². The van der Waals surface area contributed by atoms with Crippen LogP contribution >= 0.6 is 11.6 Å². The average Bonchev–Trinajstić information content (AvgIpc) is 2.41. The van der Waals surface area contributed by atoms with E-state index in [1.807, 2.05) is 18.2 Å². The molecule has 5 nitrogen and oxygen atoms in total. The van der Waals surface area contributed by atoms with Crippen LogP contribution in [0.4, 0.5) is 11.4 Å². The van der Waals surface area contributed by atoms with Crippen LogP contribution in [0.3, 0.4) is 0 Å². The van der Waals surface area contributed by atoms with Crippen molar-refractivity contribution in [2.45, 2.75) is 0 Å². The SMILES string of the molecule is O=[N+]([O-])c1ccc(NN=Cc2ccccc2Cl)cc1. The maximum Gasteiger partial charge on any atom is 0.269 e. The summed E-state index contributed by atoms with van der Waals surface area (Å²) in [5.74, 6) is 0. The van der Waals surface area contributed by atoms with Crippen molar-refractivity contribution >= 4 is 29.2 Å². The summed E-state index contributed by atoms with van der Waals surface area (Å²) in [4.78, 5) is 10.0. The van der Waals surface area contributed by atoms with E-state index in [9.17, 15) is 10.1 Å². The van der Waals surface area contributed by atoms with E-state index in [1.54, 1.807) is 24.4 Å². The number of hydrogen-bond donors (Lipinski definition) is 1. The molecule has 0 aliphatic carbocycles. The second-order valence-corrected chi connectivity index (χ2v) is 4.10. The van der Waals surface area contributed by atoms with Crippen LogP contribution in [0.25, 0.3) is 0 Å². The van der Waals surface area contributed by atoms with Gasteiger partial charge in [0.05, 0.1) is 16.8 Å². The zero-order chi connectivity index (χ0) is 13.7. The molecule has 0 aromatic heterocycles. The Morgan fingerprint density at radius 1 is 1.16 bits per heavy atom. The molecular weight excluding hydrogens is 266 g/mol. The van der Waals surface area contributed by atoms with E-state index in [4.69, 9.17) is 11.6 Å². The molecule has 0 spiro atoms. The van der Waals surface area contributed by atoms with Crippen molar-refractivity contribution in [1.82, 2.24) is 0 Å². The first-order chi connectivity index (χ1) is 9.16. The summed E-state index contributed by atoms with van der Waals surface area (Å²) in [6.07, 6.45) is 1.59. The van der Waals surface area contributed by atoms with E-state index in [1.165, 1.54) is 12.1 Å². The number of benzene rings is 2. The number of nitrogens with one attached hydrogen (secondary N) is 1. The first-order valence-corrected chi connectivity index (χ1v) is 5.82.